The van der Waals surface area contributed by atoms with Crippen molar-refractivity contribution in [3.8, 4) is 17.2 Å². The monoisotopic (exact) mass is 221 g/mol. The lowest BCUT2D eigenvalue weighted by molar-refractivity contribution is 0.290. The lowest BCUT2D eigenvalue weighted by Gasteiger charge is -2.16. The highest BCUT2D eigenvalue weighted by Gasteiger charge is 2.43. The maximum atomic E-state index is 10.2. The van der Waals surface area contributed by atoms with Gasteiger partial charge in [0.1, 0.15) is 0 Å². The summed E-state index contributed by atoms with van der Waals surface area (Å²) in [6, 6.07) is 3.68. The smallest absolute Gasteiger partial charge is 0.203 e. The summed E-state index contributed by atoms with van der Waals surface area (Å²) >= 11 is 0. The minimum absolute atomic E-state index is 0.152. The summed E-state index contributed by atoms with van der Waals surface area (Å²) in [6.45, 7) is 1.20. The van der Waals surface area contributed by atoms with Crippen LogP contribution in [0.2, 0.25) is 0 Å². The van der Waals surface area contributed by atoms with Crippen LogP contribution in [0.3, 0.4) is 0 Å². The first-order chi connectivity index (χ1) is 7.71. The third kappa shape index (κ3) is 1.41. The van der Waals surface area contributed by atoms with Gasteiger partial charge in [-0.15, -0.1) is 0 Å². The number of phenols is 1. The van der Waals surface area contributed by atoms with E-state index < -0.39 is 0 Å². The zero-order valence-electron chi connectivity index (χ0n) is 9.03. The van der Waals surface area contributed by atoms with Crippen molar-refractivity contribution in [1.29, 1.82) is 0 Å². The molecule has 0 unspecified atom stereocenters. The maximum absolute atomic E-state index is 10.2. The van der Waals surface area contributed by atoms with Crippen molar-refractivity contribution in [2.24, 2.45) is 5.73 Å². The Kier molecular flexibility index (Phi) is 2.01. The zero-order valence-corrected chi connectivity index (χ0v) is 9.03. The molecule has 2 aliphatic rings. The second kappa shape index (κ2) is 3.28. The van der Waals surface area contributed by atoms with Crippen LogP contribution in [-0.4, -0.2) is 18.3 Å². The van der Waals surface area contributed by atoms with Gasteiger partial charge in [0.25, 0.3) is 0 Å². The highest BCUT2D eigenvalue weighted by Crippen LogP contribution is 2.51. The molecule has 0 radical (unpaired) electrons. The fourth-order valence-electron chi connectivity index (χ4n) is 2.03. The number of ether oxygens (including phenoxy) is 2. The van der Waals surface area contributed by atoms with Gasteiger partial charge in [0.15, 0.2) is 11.5 Å². The van der Waals surface area contributed by atoms with Crippen LogP contribution in [0.5, 0.6) is 17.2 Å². The third-order valence-corrected chi connectivity index (χ3v) is 3.21. The summed E-state index contributed by atoms with van der Waals surface area (Å²) in [7, 11) is 0. The van der Waals surface area contributed by atoms with Crippen LogP contribution in [0.4, 0.5) is 0 Å². The largest absolute Gasteiger partial charge is 0.504 e. The molecule has 0 atom stereocenters. The molecule has 0 spiro atoms. The van der Waals surface area contributed by atoms with Crippen molar-refractivity contribution in [3.05, 3.63) is 17.7 Å². The van der Waals surface area contributed by atoms with Crippen LogP contribution < -0.4 is 15.2 Å². The SMILES string of the molecule is NC1(c2ccc3c(c2O)OCCCO3)CC1. The van der Waals surface area contributed by atoms with E-state index in [-0.39, 0.29) is 11.3 Å². The Morgan fingerprint density at radius 3 is 2.69 bits per heavy atom. The van der Waals surface area contributed by atoms with E-state index in [4.69, 9.17) is 15.2 Å². The topological polar surface area (TPSA) is 64.7 Å². The predicted molar refractivity (Wildman–Crippen MR) is 58.8 cm³/mol. The molecule has 1 fully saturated rings. The Morgan fingerprint density at radius 1 is 1.19 bits per heavy atom. The van der Waals surface area contributed by atoms with Crippen LogP contribution in [0, 0.1) is 0 Å². The lowest BCUT2D eigenvalue weighted by atomic mass is 10.0. The van der Waals surface area contributed by atoms with Gasteiger partial charge in [-0.1, -0.05) is 0 Å². The molecule has 1 aromatic carbocycles. The molecule has 4 nitrogen and oxygen atoms in total. The van der Waals surface area contributed by atoms with Gasteiger partial charge in [-0.25, -0.2) is 0 Å². The van der Waals surface area contributed by atoms with Gasteiger partial charge in [0.2, 0.25) is 5.75 Å². The molecule has 4 heteroatoms. The summed E-state index contributed by atoms with van der Waals surface area (Å²) < 4.78 is 11.0. The molecule has 1 heterocycles. The van der Waals surface area contributed by atoms with Crippen LogP contribution in [0.25, 0.3) is 0 Å². The average molecular weight is 221 g/mol. The van der Waals surface area contributed by atoms with Crippen LogP contribution in [0.15, 0.2) is 12.1 Å². The Morgan fingerprint density at radius 2 is 1.94 bits per heavy atom. The number of nitrogens with two attached hydrogens (primary N) is 1. The molecule has 1 aromatic rings. The second-order valence-corrected chi connectivity index (χ2v) is 4.50. The van der Waals surface area contributed by atoms with E-state index in [0.29, 0.717) is 24.7 Å². The van der Waals surface area contributed by atoms with Crippen LogP contribution in [-0.2, 0) is 5.54 Å². The number of phenolic OH excluding ortho intramolecular Hbond substituents is 1. The molecule has 1 aliphatic heterocycles. The number of rotatable bonds is 1. The third-order valence-electron chi connectivity index (χ3n) is 3.21. The molecule has 1 saturated carbocycles. The fraction of sp³-hybridized carbons (Fsp3) is 0.500. The maximum Gasteiger partial charge on any atom is 0.203 e. The highest BCUT2D eigenvalue weighted by molar-refractivity contribution is 5.58. The lowest BCUT2D eigenvalue weighted by Crippen LogP contribution is -2.19. The number of hydrogen-bond donors (Lipinski definition) is 2. The van der Waals surface area contributed by atoms with Crippen molar-refractivity contribution in [1.82, 2.24) is 0 Å². The molecule has 0 aromatic heterocycles. The van der Waals surface area contributed by atoms with Gasteiger partial charge in [-0.05, 0) is 25.0 Å². The van der Waals surface area contributed by atoms with E-state index in [1.165, 1.54) is 0 Å². The molecule has 0 saturated heterocycles. The van der Waals surface area contributed by atoms with Gasteiger partial charge < -0.3 is 20.3 Å². The van der Waals surface area contributed by atoms with Gasteiger partial charge in [-0.2, -0.15) is 0 Å². The molecule has 3 N–H and O–H groups in total. The normalized spacial score (nSPS) is 21.3. The van der Waals surface area contributed by atoms with Gasteiger partial charge in [-0.3, -0.25) is 0 Å². The number of hydrogen-bond acceptors (Lipinski definition) is 4. The summed E-state index contributed by atoms with van der Waals surface area (Å²) in [5.74, 6) is 1.22. The Balaban J connectivity index is 2.07. The van der Waals surface area contributed by atoms with E-state index in [1.54, 1.807) is 0 Å². The quantitative estimate of drug-likeness (QED) is 0.754. The minimum Gasteiger partial charge on any atom is -0.504 e. The standard InChI is InChI=1S/C12H15NO3/c13-12(4-5-12)8-2-3-9-11(10(8)14)16-7-1-6-15-9/h2-3,14H,1,4-7,13H2. The molecule has 3 rings (SSSR count). The highest BCUT2D eigenvalue weighted by atomic mass is 16.5. The summed E-state index contributed by atoms with van der Waals surface area (Å²) in [6.07, 6.45) is 2.66. The van der Waals surface area contributed by atoms with E-state index in [9.17, 15) is 5.11 Å². The van der Waals surface area contributed by atoms with E-state index in [0.717, 1.165) is 24.8 Å². The minimum atomic E-state index is -0.352. The first-order valence-electron chi connectivity index (χ1n) is 5.62. The van der Waals surface area contributed by atoms with Crippen molar-refractivity contribution in [2.75, 3.05) is 13.2 Å². The Bertz CT molecular complexity index is 427. The van der Waals surface area contributed by atoms with Crippen molar-refractivity contribution < 1.29 is 14.6 Å². The zero-order chi connectivity index (χ0) is 11.2. The number of benzene rings is 1. The molecular weight excluding hydrogens is 206 g/mol. The summed E-state index contributed by atoms with van der Waals surface area (Å²) in [5.41, 5.74) is 6.51. The molecule has 16 heavy (non-hydrogen) atoms. The van der Waals surface area contributed by atoms with Crippen molar-refractivity contribution >= 4 is 0 Å². The first-order valence-corrected chi connectivity index (χ1v) is 5.62. The summed E-state index contributed by atoms with van der Waals surface area (Å²) in [5, 5.41) is 10.2. The number of aromatic hydroxyl groups is 1. The molecule has 0 amide bonds. The average Bonchev–Trinajstić information content (AvgIpc) is 3.02. The van der Waals surface area contributed by atoms with E-state index in [1.807, 2.05) is 12.1 Å². The predicted octanol–water partition coefficient (Wildman–Crippen LogP) is 1.50. The van der Waals surface area contributed by atoms with E-state index >= 15 is 0 Å². The molecule has 0 bridgehead atoms. The van der Waals surface area contributed by atoms with Crippen LogP contribution >= 0.6 is 0 Å². The fourth-order valence-corrected chi connectivity index (χ4v) is 2.03. The van der Waals surface area contributed by atoms with Crippen molar-refractivity contribution in [2.45, 2.75) is 24.8 Å². The van der Waals surface area contributed by atoms with Crippen molar-refractivity contribution in [3.63, 3.8) is 0 Å². The van der Waals surface area contributed by atoms with Gasteiger partial charge in [0.05, 0.1) is 13.2 Å². The Hall–Kier alpha value is -1.42. The van der Waals surface area contributed by atoms with E-state index in [2.05, 4.69) is 0 Å². The molecular formula is C12H15NO3. The van der Waals surface area contributed by atoms with Gasteiger partial charge >= 0.3 is 0 Å². The summed E-state index contributed by atoms with van der Waals surface area (Å²) in [4.78, 5) is 0. The second-order valence-electron chi connectivity index (χ2n) is 4.50. The molecule has 86 valence electrons. The van der Waals surface area contributed by atoms with Gasteiger partial charge in [0, 0.05) is 17.5 Å². The first kappa shape index (κ1) is 9.78. The van der Waals surface area contributed by atoms with Crippen LogP contribution in [0.1, 0.15) is 24.8 Å². The Labute approximate surface area is 94.0 Å². The number of fused-ring (bicyclic) bond motifs is 1. The molecule has 1 aliphatic carbocycles.